The molecule has 4 nitrogen and oxygen atoms in total. The third kappa shape index (κ3) is 3.87. The minimum atomic E-state index is -0.483. The van der Waals surface area contributed by atoms with E-state index in [0.29, 0.717) is 17.4 Å². The van der Waals surface area contributed by atoms with Gasteiger partial charge in [-0.1, -0.05) is 35.9 Å². The van der Waals surface area contributed by atoms with E-state index in [0.717, 1.165) is 29.7 Å². The number of ether oxygens (including phenoxy) is 1. The number of halogens is 2. The highest BCUT2D eigenvalue weighted by atomic mass is 35.5. The molecule has 1 aromatic heterocycles. The molecule has 3 N–H and O–H groups in total. The van der Waals surface area contributed by atoms with Crippen LogP contribution in [0.1, 0.15) is 48.2 Å². The fraction of sp³-hybridized carbons (Fsp3) is 0.292. The van der Waals surface area contributed by atoms with Crippen molar-refractivity contribution in [2.75, 3.05) is 12.3 Å². The lowest BCUT2D eigenvalue weighted by Crippen LogP contribution is -2.27. The Morgan fingerprint density at radius 2 is 2.03 bits per heavy atom. The molecular weight excluding hydrogens is 401 g/mol. The van der Waals surface area contributed by atoms with Gasteiger partial charge in [0.2, 0.25) is 0 Å². The fourth-order valence-electron chi connectivity index (χ4n) is 4.08. The summed E-state index contributed by atoms with van der Waals surface area (Å²) in [4.78, 5) is 4.32. The predicted molar refractivity (Wildman–Crippen MR) is 119 cm³/mol. The van der Waals surface area contributed by atoms with E-state index in [9.17, 15) is 4.39 Å². The number of benzene rings is 2. The topological polar surface area (TPSA) is 60.2 Å². The normalized spacial score (nSPS) is 16.8. The number of fused-ring (bicyclic) bond motifs is 1. The van der Waals surface area contributed by atoms with E-state index < -0.39 is 11.9 Å². The van der Waals surface area contributed by atoms with Gasteiger partial charge in [-0.15, -0.1) is 0 Å². The minimum absolute atomic E-state index is 0.0719. The number of nitrogens with one attached hydrogen (secondary N) is 1. The van der Waals surface area contributed by atoms with Gasteiger partial charge in [0.25, 0.3) is 0 Å². The van der Waals surface area contributed by atoms with Gasteiger partial charge in [0, 0.05) is 23.4 Å². The lowest BCUT2D eigenvalue weighted by Gasteiger charge is -2.24. The van der Waals surface area contributed by atoms with Crippen LogP contribution in [0.5, 0.6) is 5.75 Å². The monoisotopic (exact) mass is 425 g/mol. The number of pyridine rings is 1. The van der Waals surface area contributed by atoms with Gasteiger partial charge < -0.3 is 15.8 Å². The molecule has 0 radical (unpaired) electrons. The Balaban J connectivity index is 1.66. The number of aryl methyl sites for hydroxylation is 1. The Bertz CT molecular complexity index is 1100. The molecule has 4 rings (SSSR count). The van der Waals surface area contributed by atoms with Gasteiger partial charge in [-0.3, -0.25) is 0 Å². The van der Waals surface area contributed by atoms with Gasteiger partial charge in [0.05, 0.1) is 5.02 Å². The smallest absolute Gasteiger partial charge is 0.166 e. The van der Waals surface area contributed by atoms with Crippen LogP contribution in [0.25, 0.3) is 11.1 Å². The van der Waals surface area contributed by atoms with Gasteiger partial charge in [-0.25, -0.2) is 9.37 Å². The molecule has 3 aromatic rings. The van der Waals surface area contributed by atoms with Crippen LogP contribution in [0.3, 0.4) is 0 Å². The van der Waals surface area contributed by atoms with Crippen LogP contribution in [0, 0.1) is 12.7 Å². The van der Waals surface area contributed by atoms with Crippen molar-refractivity contribution in [1.29, 1.82) is 0 Å². The van der Waals surface area contributed by atoms with Crippen LogP contribution >= 0.6 is 11.6 Å². The summed E-state index contributed by atoms with van der Waals surface area (Å²) < 4.78 is 20.1. The van der Waals surface area contributed by atoms with Gasteiger partial charge in [-0.2, -0.15) is 0 Å². The number of aromatic nitrogens is 1. The zero-order valence-electron chi connectivity index (χ0n) is 17.3. The molecule has 30 heavy (non-hydrogen) atoms. The molecule has 0 bridgehead atoms. The number of anilines is 1. The van der Waals surface area contributed by atoms with E-state index in [1.165, 1.54) is 17.2 Å². The van der Waals surface area contributed by atoms with Crippen LogP contribution in [0.2, 0.25) is 5.02 Å². The predicted octanol–water partition coefficient (Wildman–Crippen LogP) is 5.78. The van der Waals surface area contributed by atoms with Crippen molar-refractivity contribution in [2.24, 2.45) is 0 Å². The number of nitrogens with zero attached hydrogens (tertiary/aromatic N) is 1. The van der Waals surface area contributed by atoms with E-state index in [4.69, 9.17) is 22.1 Å². The molecule has 2 heterocycles. The Morgan fingerprint density at radius 1 is 1.23 bits per heavy atom. The van der Waals surface area contributed by atoms with Crippen molar-refractivity contribution in [3.63, 3.8) is 0 Å². The molecule has 0 aliphatic carbocycles. The Labute approximate surface area is 181 Å². The number of nitrogen functional groups attached to an aromatic ring is 1. The Hall–Kier alpha value is -2.63. The van der Waals surface area contributed by atoms with Gasteiger partial charge in [0.15, 0.2) is 11.6 Å². The molecule has 0 saturated heterocycles. The van der Waals surface area contributed by atoms with Crippen LogP contribution in [0.15, 0.2) is 42.6 Å². The molecule has 156 valence electrons. The van der Waals surface area contributed by atoms with Crippen molar-refractivity contribution in [3.8, 4) is 16.9 Å². The van der Waals surface area contributed by atoms with Crippen molar-refractivity contribution in [1.82, 2.24) is 10.3 Å². The lowest BCUT2D eigenvalue weighted by molar-refractivity contribution is 0.226. The zero-order chi connectivity index (χ0) is 21.4. The van der Waals surface area contributed by atoms with Gasteiger partial charge in [-0.05, 0) is 68.1 Å². The van der Waals surface area contributed by atoms with Crippen LogP contribution < -0.4 is 15.8 Å². The highest BCUT2D eigenvalue weighted by Gasteiger charge is 2.20. The van der Waals surface area contributed by atoms with E-state index in [1.54, 1.807) is 12.3 Å². The maximum absolute atomic E-state index is 14.0. The quantitative estimate of drug-likeness (QED) is 0.556. The molecule has 0 amide bonds. The summed E-state index contributed by atoms with van der Waals surface area (Å²) in [6.07, 6.45) is 2.26. The summed E-state index contributed by atoms with van der Waals surface area (Å²) in [5.41, 5.74) is 12.2. The Morgan fingerprint density at radius 3 is 2.83 bits per heavy atom. The maximum Gasteiger partial charge on any atom is 0.166 e. The minimum Gasteiger partial charge on any atom is -0.482 e. The highest BCUT2D eigenvalue weighted by Crippen LogP contribution is 2.36. The van der Waals surface area contributed by atoms with Crippen molar-refractivity contribution < 1.29 is 9.13 Å². The number of nitrogens with two attached hydrogens (primary N) is 1. The molecule has 1 aliphatic heterocycles. The van der Waals surface area contributed by atoms with Crippen molar-refractivity contribution >= 4 is 17.4 Å². The molecule has 1 aliphatic rings. The largest absolute Gasteiger partial charge is 0.482 e. The SMILES string of the molecule is Cc1ccc(F)c(Cl)c1C(C)Oc1cc(-c2ccc3c(c2)CCNC3C)cnc1N. The van der Waals surface area contributed by atoms with E-state index in [-0.39, 0.29) is 10.8 Å². The highest BCUT2D eigenvalue weighted by molar-refractivity contribution is 6.31. The average molecular weight is 426 g/mol. The molecular formula is C24H25ClFN3O. The first-order valence-corrected chi connectivity index (χ1v) is 10.5. The number of hydrogen-bond acceptors (Lipinski definition) is 4. The van der Waals surface area contributed by atoms with Gasteiger partial charge in [0.1, 0.15) is 11.9 Å². The first-order chi connectivity index (χ1) is 14.3. The molecule has 0 spiro atoms. The zero-order valence-corrected chi connectivity index (χ0v) is 18.1. The lowest BCUT2D eigenvalue weighted by atomic mass is 9.92. The second-order valence-electron chi connectivity index (χ2n) is 7.80. The fourth-order valence-corrected chi connectivity index (χ4v) is 4.44. The standard InChI is InChI=1S/C24H25ClFN3O/c1-13-4-7-20(26)23(25)22(13)15(3)30-21-11-18(12-29-24(21)27)16-5-6-19-14(2)28-9-8-17(19)10-16/h4-7,10-12,14-15,28H,8-9H2,1-3H3,(H2,27,29). The molecule has 2 atom stereocenters. The third-order valence-corrected chi connectivity index (χ3v) is 6.11. The van der Waals surface area contributed by atoms with Crippen molar-refractivity contribution in [2.45, 2.75) is 39.3 Å². The van der Waals surface area contributed by atoms with E-state index in [1.807, 2.05) is 19.9 Å². The van der Waals surface area contributed by atoms with Crippen LogP contribution in [-0.4, -0.2) is 11.5 Å². The first kappa shape index (κ1) is 20.6. The summed E-state index contributed by atoms with van der Waals surface area (Å²) in [6.45, 7) is 6.85. The molecule has 2 aromatic carbocycles. The van der Waals surface area contributed by atoms with Gasteiger partial charge >= 0.3 is 0 Å². The molecule has 6 heteroatoms. The maximum atomic E-state index is 14.0. The van der Waals surface area contributed by atoms with Crippen LogP contribution in [-0.2, 0) is 6.42 Å². The summed E-state index contributed by atoms with van der Waals surface area (Å²) in [6, 6.07) is 11.8. The van der Waals surface area contributed by atoms with E-state index >= 15 is 0 Å². The number of hydrogen-bond donors (Lipinski definition) is 2. The second-order valence-corrected chi connectivity index (χ2v) is 8.18. The number of rotatable bonds is 4. The summed E-state index contributed by atoms with van der Waals surface area (Å²) in [5.74, 6) is 0.268. The summed E-state index contributed by atoms with van der Waals surface area (Å²) in [7, 11) is 0. The first-order valence-electron chi connectivity index (χ1n) is 10.1. The molecule has 0 saturated carbocycles. The van der Waals surface area contributed by atoms with E-state index in [2.05, 4.69) is 35.4 Å². The summed E-state index contributed by atoms with van der Waals surface area (Å²) in [5, 5.41) is 3.55. The van der Waals surface area contributed by atoms with Crippen LogP contribution in [0.4, 0.5) is 10.2 Å². The van der Waals surface area contributed by atoms with Crippen molar-refractivity contribution in [3.05, 3.63) is 75.7 Å². The Kier molecular flexibility index (Phi) is 5.67. The second kappa shape index (κ2) is 8.25. The molecule has 2 unspecified atom stereocenters. The summed E-state index contributed by atoms with van der Waals surface area (Å²) >= 11 is 6.20. The average Bonchev–Trinajstić information content (AvgIpc) is 2.72. The molecule has 0 fully saturated rings. The third-order valence-electron chi connectivity index (χ3n) is 5.73.